The van der Waals surface area contributed by atoms with Gasteiger partial charge >= 0.3 is 5.97 Å². The maximum atomic E-state index is 11.1. The highest BCUT2D eigenvalue weighted by molar-refractivity contribution is 5.71. The molecule has 15 heavy (non-hydrogen) atoms. The van der Waals surface area contributed by atoms with Crippen molar-refractivity contribution >= 4 is 5.97 Å². The summed E-state index contributed by atoms with van der Waals surface area (Å²) >= 11 is 0. The van der Waals surface area contributed by atoms with Gasteiger partial charge in [-0.25, -0.2) is 0 Å². The zero-order valence-corrected chi connectivity index (χ0v) is 8.90. The summed E-state index contributed by atoms with van der Waals surface area (Å²) in [6.45, 7) is 2.18. The number of ether oxygens (including phenoxy) is 1. The fourth-order valence-electron chi connectivity index (χ4n) is 1.94. The number of nitrogens with zero attached hydrogens (tertiary/aromatic N) is 1. The Morgan fingerprint density at radius 3 is 2.87 bits per heavy atom. The zero-order chi connectivity index (χ0) is 10.7. The van der Waals surface area contributed by atoms with Gasteiger partial charge in [-0.3, -0.25) is 9.69 Å². The molecule has 0 aromatic heterocycles. The fraction of sp³-hybridized carbons (Fsp3) is 0.417. The molecule has 0 fully saturated rings. The predicted octanol–water partition coefficient (Wildman–Crippen LogP) is 1.22. The standard InChI is InChI=1S/C12H15NO2/c1-15-12(14)9-13-7-6-10-4-2-3-5-11(10)8-13/h2-5H,6-9H2,1H3. The highest BCUT2D eigenvalue weighted by Crippen LogP contribution is 2.17. The van der Waals surface area contributed by atoms with Crippen LogP contribution < -0.4 is 0 Å². The summed E-state index contributed by atoms with van der Waals surface area (Å²) in [5.74, 6) is -0.158. The van der Waals surface area contributed by atoms with Gasteiger partial charge in [-0.2, -0.15) is 0 Å². The van der Waals surface area contributed by atoms with Gasteiger partial charge in [0, 0.05) is 13.1 Å². The van der Waals surface area contributed by atoms with Crippen molar-refractivity contribution in [2.45, 2.75) is 13.0 Å². The summed E-state index contributed by atoms with van der Waals surface area (Å²) in [5, 5.41) is 0. The summed E-state index contributed by atoms with van der Waals surface area (Å²) in [4.78, 5) is 13.2. The Morgan fingerprint density at radius 2 is 2.13 bits per heavy atom. The molecular formula is C12H15NO2. The first kappa shape index (κ1) is 10.2. The SMILES string of the molecule is COC(=O)CN1CCc2ccccc2C1. The summed E-state index contributed by atoms with van der Waals surface area (Å²) < 4.78 is 4.66. The van der Waals surface area contributed by atoms with Crippen molar-refractivity contribution in [1.82, 2.24) is 4.90 Å². The molecule has 0 atom stereocenters. The number of carbonyl (C=O) groups excluding carboxylic acids is 1. The highest BCUT2D eigenvalue weighted by atomic mass is 16.5. The van der Waals surface area contributed by atoms with Crippen molar-refractivity contribution in [3.63, 3.8) is 0 Å². The Hall–Kier alpha value is -1.35. The van der Waals surface area contributed by atoms with Crippen LogP contribution in [0.2, 0.25) is 0 Å². The first-order chi connectivity index (χ1) is 7.29. The van der Waals surface area contributed by atoms with E-state index in [1.807, 2.05) is 6.07 Å². The van der Waals surface area contributed by atoms with E-state index in [2.05, 4.69) is 27.8 Å². The summed E-state index contributed by atoms with van der Waals surface area (Å²) in [6, 6.07) is 8.39. The number of rotatable bonds is 2. The molecule has 3 nitrogen and oxygen atoms in total. The molecule has 0 N–H and O–H groups in total. The van der Waals surface area contributed by atoms with Gasteiger partial charge in [-0.05, 0) is 17.5 Å². The fourth-order valence-corrected chi connectivity index (χ4v) is 1.94. The van der Waals surface area contributed by atoms with Gasteiger partial charge < -0.3 is 4.74 Å². The molecule has 1 aromatic rings. The third-order valence-electron chi connectivity index (χ3n) is 2.79. The summed E-state index contributed by atoms with van der Waals surface area (Å²) in [7, 11) is 1.43. The second-order valence-electron chi connectivity index (χ2n) is 3.81. The quantitative estimate of drug-likeness (QED) is 0.680. The van der Waals surface area contributed by atoms with Crippen LogP contribution in [0.15, 0.2) is 24.3 Å². The van der Waals surface area contributed by atoms with E-state index in [9.17, 15) is 4.79 Å². The zero-order valence-electron chi connectivity index (χ0n) is 8.90. The van der Waals surface area contributed by atoms with E-state index in [-0.39, 0.29) is 5.97 Å². The van der Waals surface area contributed by atoms with Crippen molar-refractivity contribution in [3.05, 3.63) is 35.4 Å². The number of carbonyl (C=O) groups is 1. The molecular weight excluding hydrogens is 190 g/mol. The van der Waals surface area contributed by atoms with Crippen LogP contribution in [0.5, 0.6) is 0 Å². The van der Waals surface area contributed by atoms with E-state index >= 15 is 0 Å². The monoisotopic (exact) mass is 205 g/mol. The molecule has 0 bridgehead atoms. The Morgan fingerprint density at radius 1 is 1.40 bits per heavy atom. The largest absolute Gasteiger partial charge is 0.468 e. The molecule has 0 saturated carbocycles. The number of hydrogen-bond donors (Lipinski definition) is 0. The van der Waals surface area contributed by atoms with E-state index in [0.29, 0.717) is 6.54 Å². The smallest absolute Gasteiger partial charge is 0.319 e. The van der Waals surface area contributed by atoms with Crippen LogP contribution in [-0.4, -0.2) is 31.1 Å². The lowest BCUT2D eigenvalue weighted by atomic mass is 10.0. The average molecular weight is 205 g/mol. The first-order valence-electron chi connectivity index (χ1n) is 5.15. The highest BCUT2D eigenvalue weighted by Gasteiger charge is 2.17. The first-order valence-corrected chi connectivity index (χ1v) is 5.15. The van der Waals surface area contributed by atoms with Crippen LogP contribution in [-0.2, 0) is 22.5 Å². The maximum Gasteiger partial charge on any atom is 0.319 e. The minimum atomic E-state index is -0.158. The lowest BCUT2D eigenvalue weighted by Crippen LogP contribution is -2.35. The van der Waals surface area contributed by atoms with Crippen LogP contribution in [0, 0.1) is 0 Å². The van der Waals surface area contributed by atoms with Crippen molar-refractivity contribution in [2.24, 2.45) is 0 Å². The molecule has 1 aliphatic heterocycles. The maximum absolute atomic E-state index is 11.1. The normalized spacial score (nSPS) is 15.8. The third-order valence-corrected chi connectivity index (χ3v) is 2.79. The molecule has 1 aliphatic rings. The Bertz CT molecular complexity index is 362. The molecule has 0 radical (unpaired) electrons. The van der Waals surface area contributed by atoms with E-state index in [0.717, 1.165) is 19.5 Å². The van der Waals surface area contributed by atoms with Crippen molar-refractivity contribution in [2.75, 3.05) is 20.2 Å². The third kappa shape index (κ3) is 2.36. The summed E-state index contributed by atoms with van der Waals surface area (Å²) in [6.07, 6.45) is 1.02. The second kappa shape index (κ2) is 4.45. The number of methoxy groups -OCH3 is 1. The number of esters is 1. The van der Waals surface area contributed by atoms with Gasteiger partial charge in [0.05, 0.1) is 13.7 Å². The molecule has 0 saturated heterocycles. The molecule has 3 heteroatoms. The van der Waals surface area contributed by atoms with Gasteiger partial charge in [0.15, 0.2) is 0 Å². The van der Waals surface area contributed by atoms with Gasteiger partial charge in [-0.1, -0.05) is 24.3 Å². The predicted molar refractivity (Wildman–Crippen MR) is 57.4 cm³/mol. The van der Waals surface area contributed by atoms with Gasteiger partial charge in [0.25, 0.3) is 0 Å². The van der Waals surface area contributed by atoms with Crippen LogP contribution in [0.4, 0.5) is 0 Å². The van der Waals surface area contributed by atoms with Crippen LogP contribution in [0.3, 0.4) is 0 Å². The van der Waals surface area contributed by atoms with Crippen molar-refractivity contribution in [1.29, 1.82) is 0 Å². The Kier molecular flexibility index (Phi) is 3.02. The molecule has 2 rings (SSSR count). The number of fused-ring (bicyclic) bond motifs is 1. The molecule has 80 valence electrons. The molecule has 0 aliphatic carbocycles. The molecule has 1 heterocycles. The van der Waals surface area contributed by atoms with E-state index in [4.69, 9.17) is 0 Å². The van der Waals surface area contributed by atoms with E-state index < -0.39 is 0 Å². The van der Waals surface area contributed by atoms with Gasteiger partial charge in [0.1, 0.15) is 0 Å². The van der Waals surface area contributed by atoms with Crippen molar-refractivity contribution < 1.29 is 9.53 Å². The molecule has 0 spiro atoms. The van der Waals surface area contributed by atoms with E-state index in [1.54, 1.807) is 0 Å². The number of benzene rings is 1. The Labute approximate surface area is 89.7 Å². The average Bonchev–Trinajstić information content (AvgIpc) is 2.29. The molecule has 0 amide bonds. The summed E-state index contributed by atoms with van der Waals surface area (Å²) in [5.41, 5.74) is 2.73. The van der Waals surface area contributed by atoms with Crippen LogP contribution in [0.25, 0.3) is 0 Å². The molecule has 1 aromatic carbocycles. The lowest BCUT2D eigenvalue weighted by Gasteiger charge is -2.27. The van der Waals surface area contributed by atoms with Crippen LogP contribution >= 0.6 is 0 Å². The Balaban J connectivity index is 2.02. The van der Waals surface area contributed by atoms with E-state index in [1.165, 1.54) is 18.2 Å². The van der Waals surface area contributed by atoms with Crippen LogP contribution in [0.1, 0.15) is 11.1 Å². The second-order valence-corrected chi connectivity index (χ2v) is 3.81. The lowest BCUT2D eigenvalue weighted by molar-refractivity contribution is -0.142. The van der Waals surface area contributed by atoms with Crippen molar-refractivity contribution in [3.8, 4) is 0 Å². The topological polar surface area (TPSA) is 29.5 Å². The van der Waals surface area contributed by atoms with Gasteiger partial charge in [0.2, 0.25) is 0 Å². The minimum Gasteiger partial charge on any atom is -0.468 e. The number of hydrogen-bond acceptors (Lipinski definition) is 3. The molecule has 0 unspecified atom stereocenters. The van der Waals surface area contributed by atoms with Gasteiger partial charge in [-0.15, -0.1) is 0 Å². The minimum absolute atomic E-state index is 0.158.